The molecule has 0 aliphatic rings. The second kappa shape index (κ2) is 7.97. The van der Waals surface area contributed by atoms with Crippen molar-refractivity contribution in [2.24, 2.45) is 5.11 Å². The van der Waals surface area contributed by atoms with Crippen LogP contribution >= 0.6 is 11.6 Å². The largest absolute Gasteiger partial charge is 0.338 e. The molecule has 0 aromatic heterocycles. The molecule has 0 saturated carbocycles. The minimum Gasteiger partial charge on any atom is -0.338 e. The fraction of sp³-hybridized carbons (Fsp3) is 0.800. The van der Waals surface area contributed by atoms with Crippen molar-refractivity contribution >= 4 is 17.6 Å². The van der Waals surface area contributed by atoms with Gasteiger partial charge in [0, 0.05) is 30.4 Å². The Morgan fingerprint density at radius 3 is 2.75 bits per heavy atom. The molecule has 0 aromatic rings. The molecular formula is C5H10ClN5O. The lowest BCUT2D eigenvalue weighted by molar-refractivity contribution is 0.242. The molecule has 0 fully saturated rings. The van der Waals surface area contributed by atoms with Gasteiger partial charge < -0.3 is 10.6 Å². The van der Waals surface area contributed by atoms with E-state index in [2.05, 4.69) is 20.7 Å². The normalized spacial score (nSPS) is 8.42. The Morgan fingerprint density at radius 2 is 2.17 bits per heavy atom. The van der Waals surface area contributed by atoms with Gasteiger partial charge in [-0.05, 0) is 5.53 Å². The van der Waals surface area contributed by atoms with Gasteiger partial charge in [0.05, 0.1) is 0 Å². The van der Waals surface area contributed by atoms with Gasteiger partial charge in [0.1, 0.15) is 0 Å². The van der Waals surface area contributed by atoms with Crippen molar-refractivity contribution < 1.29 is 4.79 Å². The molecule has 0 bridgehead atoms. The van der Waals surface area contributed by atoms with E-state index in [9.17, 15) is 4.79 Å². The second-order valence-corrected chi connectivity index (χ2v) is 2.20. The Labute approximate surface area is 74.9 Å². The summed E-state index contributed by atoms with van der Waals surface area (Å²) < 4.78 is 0. The van der Waals surface area contributed by atoms with Crippen LogP contribution in [0, 0.1) is 0 Å². The predicted molar refractivity (Wildman–Crippen MR) is 46.1 cm³/mol. The summed E-state index contributed by atoms with van der Waals surface area (Å²) in [5.41, 5.74) is 7.89. The second-order valence-electron chi connectivity index (χ2n) is 1.83. The molecule has 0 radical (unpaired) electrons. The summed E-state index contributed by atoms with van der Waals surface area (Å²) in [6.45, 7) is 1.01. The minimum absolute atomic E-state index is 0.255. The summed E-state index contributed by atoms with van der Waals surface area (Å²) in [6.07, 6.45) is 0. The van der Waals surface area contributed by atoms with Crippen LogP contribution in [0.2, 0.25) is 0 Å². The van der Waals surface area contributed by atoms with Crippen LogP contribution in [-0.2, 0) is 0 Å². The maximum atomic E-state index is 10.7. The summed E-state index contributed by atoms with van der Waals surface area (Å²) in [5.74, 6) is 0.379. The van der Waals surface area contributed by atoms with E-state index in [1.807, 2.05) is 0 Å². The third-order valence-corrected chi connectivity index (χ3v) is 1.13. The van der Waals surface area contributed by atoms with E-state index in [-0.39, 0.29) is 12.6 Å². The lowest BCUT2D eigenvalue weighted by atomic mass is 10.6. The number of nitrogens with zero attached hydrogens (tertiary/aromatic N) is 3. The highest BCUT2D eigenvalue weighted by Crippen LogP contribution is 1.72. The number of halogens is 1. The van der Waals surface area contributed by atoms with Crippen LogP contribution in [-0.4, -0.2) is 31.5 Å². The monoisotopic (exact) mass is 191 g/mol. The van der Waals surface area contributed by atoms with Crippen LogP contribution in [0.3, 0.4) is 0 Å². The van der Waals surface area contributed by atoms with E-state index in [0.29, 0.717) is 19.0 Å². The molecule has 0 unspecified atom stereocenters. The number of carbonyl (C=O) groups excluding carboxylic acids is 1. The molecule has 12 heavy (non-hydrogen) atoms. The first kappa shape index (κ1) is 10.9. The summed E-state index contributed by atoms with van der Waals surface area (Å²) >= 11 is 5.32. The van der Waals surface area contributed by atoms with Crippen molar-refractivity contribution in [3.05, 3.63) is 10.4 Å². The molecule has 0 heterocycles. The molecule has 0 aromatic carbocycles. The van der Waals surface area contributed by atoms with Crippen molar-refractivity contribution in [2.45, 2.75) is 0 Å². The highest BCUT2D eigenvalue weighted by atomic mass is 35.5. The Hall–Kier alpha value is -1.13. The number of alkyl halides is 1. The summed E-state index contributed by atoms with van der Waals surface area (Å²) in [6, 6.07) is -0.302. The molecule has 0 aliphatic heterocycles. The van der Waals surface area contributed by atoms with Crippen molar-refractivity contribution in [1.29, 1.82) is 0 Å². The number of amides is 2. The van der Waals surface area contributed by atoms with E-state index in [1.165, 1.54) is 0 Å². The van der Waals surface area contributed by atoms with Gasteiger partial charge in [-0.3, -0.25) is 0 Å². The van der Waals surface area contributed by atoms with Crippen molar-refractivity contribution in [2.75, 3.05) is 25.5 Å². The van der Waals surface area contributed by atoms with Crippen LogP contribution in [0.5, 0.6) is 0 Å². The molecule has 0 aliphatic carbocycles. The summed E-state index contributed by atoms with van der Waals surface area (Å²) in [5, 5.41) is 8.21. The van der Waals surface area contributed by atoms with E-state index >= 15 is 0 Å². The maximum absolute atomic E-state index is 10.7. The lowest BCUT2D eigenvalue weighted by Gasteiger charge is -2.03. The molecule has 0 spiro atoms. The molecule has 0 rings (SSSR count). The first-order valence-electron chi connectivity index (χ1n) is 3.39. The Bertz CT molecular complexity index is 179. The standard InChI is InChI=1S/C5H10ClN5O/c6-1-2-8-5(12)9-3-4-10-11-7/h1-4H2,(H2,8,9,12). The van der Waals surface area contributed by atoms with Gasteiger partial charge in [0.15, 0.2) is 0 Å². The van der Waals surface area contributed by atoms with Gasteiger partial charge in [0.2, 0.25) is 0 Å². The van der Waals surface area contributed by atoms with E-state index in [0.717, 1.165) is 0 Å². The fourth-order valence-corrected chi connectivity index (χ4v) is 0.582. The summed E-state index contributed by atoms with van der Waals surface area (Å²) in [4.78, 5) is 13.3. The average Bonchev–Trinajstić information content (AvgIpc) is 2.09. The first-order chi connectivity index (χ1) is 5.81. The average molecular weight is 192 g/mol. The Balaban J connectivity index is 3.25. The highest BCUT2D eigenvalue weighted by molar-refractivity contribution is 6.18. The van der Waals surface area contributed by atoms with E-state index in [4.69, 9.17) is 17.1 Å². The zero-order chi connectivity index (χ0) is 9.23. The molecule has 68 valence electrons. The van der Waals surface area contributed by atoms with E-state index in [1.54, 1.807) is 0 Å². The fourth-order valence-electron chi connectivity index (χ4n) is 0.487. The molecule has 6 nitrogen and oxygen atoms in total. The van der Waals surface area contributed by atoms with Gasteiger partial charge in [0.25, 0.3) is 0 Å². The number of nitrogens with one attached hydrogen (secondary N) is 2. The highest BCUT2D eigenvalue weighted by Gasteiger charge is 1.95. The minimum atomic E-state index is -0.302. The third kappa shape index (κ3) is 6.98. The molecule has 2 amide bonds. The molecule has 2 N–H and O–H groups in total. The predicted octanol–water partition coefficient (Wildman–Crippen LogP) is 0.835. The van der Waals surface area contributed by atoms with Crippen LogP contribution in [0.15, 0.2) is 5.11 Å². The summed E-state index contributed by atoms with van der Waals surface area (Å²) in [7, 11) is 0. The lowest BCUT2D eigenvalue weighted by Crippen LogP contribution is -2.37. The van der Waals surface area contributed by atoms with Gasteiger partial charge in [-0.25, -0.2) is 4.79 Å². The topological polar surface area (TPSA) is 89.9 Å². The number of carbonyl (C=O) groups is 1. The number of hydrogen-bond donors (Lipinski definition) is 2. The first-order valence-corrected chi connectivity index (χ1v) is 3.93. The molecular weight excluding hydrogens is 182 g/mol. The van der Waals surface area contributed by atoms with Gasteiger partial charge in [-0.2, -0.15) is 0 Å². The van der Waals surface area contributed by atoms with Gasteiger partial charge in [-0.15, -0.1) is 11.6 Å². The third-order valence-electron chi connectivity index (χ3n) is 0.941. The quantitative estimate of drug-likeness (QED) is 0.218. The SMILES string of the molecule is [N-]=[N+]=NCCNC(=O)NCCCl. The van der Waals surface area contributed by atoms with Crippen molar-refractivity contribution in [3.63, 3.8) is 0 Å². The van der Waals surface area contributed by atoms with Crippen LogP contribution in [0.4, 0.5) is 4.79 Å². The van der Waals surface area contributed by atoms with Crippen molar-refractivity contribution in [3.8, 4) is 0 Å². The smallest absolute Gasteiger partial charge is 0.314 e. The van der Waals surface area contributed by atoms with Gasteiger partial charge >= 0.3 is 6.03 Å². The number of azide groups is 1. The molecule has 7 heteroatoms. The zero-order valence-electron chi connectivity index (χ0n) is 6.46. The van der Waals surface area contributed by atoms with Crippen LogP contribution in [0.25, 0.3) is 10.4 Å². The van der Waals surface area contributed by atoms with E-state index < -0.39 is 0 Å². The molecule has 0 atom stereocenters. The number of urea groups is 1. The van der Waals surface area contributed by atoms with Crippen LogP contribution in [0.1, 0.15) is 0 Å². The van der Waals surface area contributed by atoms with Gasteiger partial charge in [-0.1, -0.05) is 5.11 Å². The Kier molecular flexibility index (Phi) is 7.22. The zero-order valence-corrected chi connectivity index (χ0v) is 7.21. The maximum Gasteiger partial charge on any atom is 0.314 e. The molecule has 0 saturated heterocycles. The van der Waals surface area contributed by atoms with Crippen molar-refractivity contribution in [1.82, 2.24) is 10.6 Å². The number of hydrogen-bond acceptors (Lipinski definition) is 2. The Morgan fingerprint density at radius 1 is 1.50 bits per heavy atom. The number of rotatable bonds is 5. The van der Waals surface area contributed by atoms with Crippen LogP contribution < -0.4 is 10.6 Å².